The highest BCUT2D eigenvalue weighted by molar-refractivity contribution is 5.23. The Bertz CT molecular complexity index is 356. The van der Waals surface area contributed by atoms with E-state index in [1.54, 1.807) is 6.07 Å². The molecule has 18 heavy (non-hydrogen) atoms. The zero-order valence-electron chi connectivity index (χ0n) is 12.2. The second kappa shape index (κ2) is 7.52. The molecular formula is C16H26FN. The third-order valence-electron chi connectivity index (χ3n) is 3.52. The average Bonchev–Trinajstić information content (AvgIpc) is 2.33. The van der Waals surface area contributed by atoms with Crippen LogP contribution in [0, 0.1) is 12.7 Å². The lowest BCUT2D eigenvalue weighted by molar-refractivity contribution is 0.208. The molecule has 0 amide bonds. The van der Waals surface area contributed by atoms with Crippen LogP contribution in [0.2, 0.25) is 0 Å². The van der Waals surface area contributed by atoms with Crippen LogP contribution >= 0.6 is 0 Å². The van der Waals surface area contributed by atoms with Crippen molar-refractivity contribution in [3.8, 4) is 0 Å². The van der Waals surface area contributed by atoms with Crippen molar-refractivity contribution in [2.75, 3.05) is 7.05 Å². The van der Waals surface area contributed by atoms with Crippen molar-refractivity contribution in [3.05, 3.63) is 35.1 Å². The van der Waals surface area contributed by atoms with Crippen LogP contribution in [0.15, 0.2) is 18.2 Å². The Morgan fingerprint density at radius 2 is 1.78 bits per heavy atom. The number of hydrogen-bond donors (Lipinski definition) is 0. The summed E-state index contributed by atoms with van der Waals surface area (Å²) in [5.41, 5.74) is 1.94. The van der Waals surface area contributed by atoms with Gasteiger partial charge in [0.2, 0.25) is 0 Å². The van der Waals surface area contributed by atoms with Gasteiger partial charge < -0.3 is 0 Å². The summed E-state index contributed by atoms with van der Waals surface area (Å²) in [7, 11) is 2.18. The van der Waals surface area contributed by atoms with Crippen LogP contribution in [0.25, 0.3) is 0 Å². The summed E-state index contributed by atoms with van der Waals surface area (Å²) in [6.45, 7) is 7.21. The van der Waals surface area contributed by atoms with Gasteiger partial charge in [-0.05, 0) is 44.0 Å². The molecule has 2 heteroatoms. The monoisotopic (exact) mass is 251 g/mol. The van der Waals surface area contributed by atoms with E-state index in [2.05, 4.69) is 25.8 Å². The Balaban J connectivity index is 2.66. The van der Waals surface area contributed by atoms with Crippen LogP contribution in [0.5, 0.6) is 0 Å². The Labute approximate surface area is 111 Å². The van der Waals surface area contributed by atoms with Gasteiger partial charge in [0.25, 0.3) is 0 Å². The second-order valence-corrected chi connectivity index (χ2v) is 5.23. The smallest absolute Gasteiger partial charge is 0.126 e. The molecule has 0 spiro atoms. The maximum atomic E-state index is 13.2. The molecule has 0 bridgehead atoms. The molecule has 0 aliphatic heterocycles. The normalized spacial score (nSPS) is 11.5. The second-order valence-electron chi connectivity index (χ2n) is 5.23. The molecule has 0 saturated heterocycles. The Morgan fingerprint density at radius 1 is 1.17 bits per heavy atom. The molecule has 1 aromatic rings. The van der Waals surface area contributed by atoms with E-state index >= 15 is 0 Å². The summed E-state index contributed by atoms with van der Waals surface area (Å²) >= 11 is 0. The van der Waals surface area contributed by atoms with Crippen LogP contribution in [-0.2, 0) is 6.54 Å². The van der Waals surface area contributed by atoms with E-state index in [-0.39, 0.29) is 5.82 Å². The van der Waals surface area contributed by atoms with Crippen molar-refractivity contribution in [2.24, 2.45) is 0 Å². The molecule has 0 aliphatic carbocycles. The van der Waals surface area contributed by atoms with Gasteiger partial charge in [-0.3, -0.25) is 4.90 Å². The minimum Gasteiger partial charge on any atom is -0.299 e. The van der Waals surface area contributed by atoms with Crippen molar-refractivity contribution in [1.29, 1.82) is 0 Å². The van der Waals surface area contributed by atoms with E-state index in [0.717, 1.165) is 12.1 Å². The zero-order chi connectivity index (χ0) is 13.5. The number of halogens is 1. The summed E-state index contributed by atoms with van der Waals surface area (Å²) in [5.74, 6) is -0.111. The van der Waals surface area contributed by atoms with Crippen molar-refractivity contribution >= 4 is 0 Å². The summed E-state index contributed by atoms with van der Waals surface area (Å²) < 4.78 is 13.2. The van der Waals surface area contributed by atoms with Gasteiger partial charge in [-0.25, -0.2) is 4.39 Å². The summed E-state index contributed by atoms with van der Waals surface area (Å²) in [6, 6.07) is 6.08. The van der Waals surface area contributed by atoms with E-state index in [1.807, 2.05) is 19.1 Å². The molecule has 0 N–H and O–H groups in total. The largest absolute Gasteiger partial charge is 0.299 e. The lowest BCUT2D eigenvalue weighted by atomic mass is 10.0. The molecule has 0 atom stereocenters. The van der Waals surface area contributed by atoms with E-state index < -0.39 is 0 Å². The first-order chi connectivity index (χ1) is 8.58. The van der Waals surface area contributed by atoms with Gasteiger partial charge >= 0.3 is 0 Å². The highest BCUT2D eigenvalue weighted by atomic mass is 19.1. The molecule has 102 valence electrons. The van der Waals surface area contributed by atoms with E-state index in [9.17, 15) is 4.39 Å². The quantitative estimate of drug-likeness (QED) is 0.688. The molecule has 0 fully saturated rings. The van der Waals surface area contributed by atoms with Gasteiger partial charge in [0.1, 0.15) is 5.82 Å². The molecule has 0 unspecified atom stereocenters. The van der Waals surface area contributed by atoms with Gasteiger partial charge in [-0.15, -0.1) is 0 Å². The van der Waals surface area contributed by atoms with Crippen LogP contribution in [0.3, 0.4) is 0 Å². The Morgan fingerprint density at radius 3 is 2.28 bits per heavy atom. The lowest BCUT2D eigenvalue weighted by Gasteiger charge is -2.28. The molecule has 1 nitrogen and oxygen atoms in total. The molecule has 1 rings (SSSR count). The third kappa shape index (κ3) is 4.41. The van der Waals surface area contributed by atoms with Crippen molar-refractivity contribution in [2.45, 2.75) is 59.0 Å². The van der Waals surface area contributed by atoms with Gasteiger partial charge in [-0.1, -0.05) is 38.8 Å². The fourth-order valence-corrected chi connectivity index (χ4v) is 2.47. The first-order valence-electron chi connectivity index (χ1n) is 7.03. The summed E-state index contributed by atoms with van der Waals surface area (Å²) in [6.07, 6.45) is 4.92. The van der Waals surface area contributed by atoms with E-state index in [0.29, 0.717) is 6.04 Å². The van der Waals surface area contributed by atoms with Gasteiger partial charge in [0.15, 0.2) is 0 Å². The minimum absolute atomic E-state index is 0.111. The fraction of sp³-hybridized carbons (Fsp3) is 0.625. The van der Waals surface area contributed by atoms with Gasteiger partial charge in [-0.2, -0.15) is 0 Å². The first kappa shape index (κ1) is 15.2. The van der Waals surface area contributed by atoms with Crippen molar-refractivity contribution < 1.29 is 4.39 Å². The summed E-state index contributed by atoms with van der Waals surface area (Å²) in [4.78, 5) is 2.40. The van der Waals surface area contributed by atoms with E-state index in [4.69, 9.17) is 0 Å². The molecular weight excluding hydrogens is 225 g/mol. The van der Waals surface area contributed by atoms with Crippen LogP contribution < -0.4 is 0 Å². The molecule has 0 aliphatic rings. The van der Waals surface area contributed by atoms with Gasteiger partial charge in [0, 0.05) is 12.6 Å². The molecule has 0 heterocycles. The van der Waals surface area contributed by atoms with Crippen LogP contribution in [0.1, 0.15) is 50.7 Å². The average molecular weight is 251 g/mol. The predicted octanol–water partition coefficient (Wildman–Crippen LogP) is 4.53. The van der Waals surface area contributed by atoms with Crippen LogP contribution in [-0.4, -0.2) is 18.0 Å². The maximum absolute atomic E-state index is 13.2. The Hall–Kier alpha value is -0.890. The molecule has 0 radical (unpaired) electrons. The highest BCUT2D eigenvalue weighted by Gasteiger charge is 2.13. The standard InChI is InChI=1S/C16H26FN/c1-5-7-15(8-6-2)18(4)12-14-9-10-16(17)13(3)11-14/h9-11,15H,5-8,12H2,1-4H3. The molecule has 0 aromatic heterocycles. The third-order valence-corrected chi connectivity index (χ3v) is 3.52. The highest BCUT2D eigenvalue weighted by Crippen LogP contribution is 2.16. The van der Waals surface area contributed by atoms with Crippen LogP contribution in [0.4, 0.5) is 4.39 Å². The lowest BCUT2D eigenvalue weighted by Crippen LogP contribution is -2.31. The number of nitrogens with zero attached hydrogens (tertiary/aromatic N) is 1. The van der Waals surface area contributed by atoms with Gasteiger partial charge in [0.05, 0.1) is 0 Å². The van der Waals surface area contributed by atoms with Crippen molar-refractivity contribution in [1.82, 2.24) is 4.90 Å². The fourth-order valence-electron chi connectivity index (χ4n) is 2.47. The SMILES string of the molecule is CCCC(CCC)N(C)Cc1ccc(F)c(C)c1. The number of benzene rings is 1. The number of hydrogen-bond acceptors (Lipinski definition) is 1. The molecule has 1 aromatic carbocycles. The first-order valence-corrected chi connectivity index (χ1v) is 7.03. The van der Waals surface area contributed by atoms with E-state index in [1.165, 1.54) is 31.2 Å². The maximum Gasteiger partial charge on any atom is 0.126 e. The number of aryl methyl sites for hydroxylation is 1. The molecule has 0 saturated carbocycles. The predicted molar refractivity (Wildman–Crippen MR) is 76.2 cm³/mol. The summed E-state index contributed by atoms with van der Waals surface area (Å²) in [5, 5.41) is 0. The number of rotatable bonds is 7. The zero-order valence-corrected chi connectivity index (χ0v) is 12.2. The topological polar surface area (TPSA) is 3.24 Å². The minimum atomic E-state index is -0.111. The Kier molecular flexibility index (Phi) is 6.34. The van der Waals surface area contributed by atoms with Crippen molar-refractivity contribution in [3.63, 3.8) is 0 Å².